The molecule has 11 heteroatoms. The van der Waals surface area contributed by atoms with E-state index < -0.39 is 57.0 Å². The second kappa shape index (κ2) is 13.0. The summed E-state index contributed by atoms with van der Waals surface area (Å²) >= 11 is 0. The first-order chi connectivity index (χ1) is 13.2. The van der Waals surface area contributed by atoms with Crippen molar-refractivity contribution in [2.45, 2.75) is 91.0 Å². The molecule has 0 rings (SSSR count). The molecule has 0 aromatic carbocycles. The van der Waals surface area contributed by atoms with Crippen molar-refractivity contribution in [2.75, 3.05) is 6.61 Å². The lowest BCUT2D eigenvalue weighted by atomic mass is 10.0. The lowest BCUT2D eigenvalue weighted by molar-refractivity contribution is -0.174. The quantitative estimate of drug-likeness (QED) is 0.193. The predicted molar refractivity (Wildman–Crippen MR) is 105 cm³/mol. The van der Waals surface area contributed by atoms with Gasteiger partial charge in [0.2, 0.25) is 0 Å². The smallest absolute Gasteiger partial charge is 0.461 e. The Morgan fingerprint density at radius 2 is 1.34 bits per heavy atom. The lowest BCUT2D eigenvalue weighted by Crippen LogP contribution is -2.49. The number of rotatable bonds is 14. The first-order valence-electron chi connectivity index (χ1n) is 9.74. The van der Waals surface area contributed by atoms with E-state index in [4.69, 9.17) is 9.26 Å². The fourth-order valence-corrected chi connectivity index (χ4v) is 3.71. The zero-order valence-electron chi connectivity index (χ0n) is 18.0. The number of ether oxygens (including phenoxy) is 1. The van der Waals surface area contributed by atoms with Crippen molar-refractivity contribution >= 4 is 13.8 Å². The minimum absolute atomic E-state index is 0.219. The third-order valence-electron chi connectivity index (χ3n) is 3.95. The van der Waals surface area contributed by atoms with E-state index in [2.05, 4.69) is 4.52 Å². The third-order valence-corrected chi connectivity index (χ3v) is 5.06. The number of phosphoric ester groups is 1. The van der Waals surface area contributed by atoms with Gasteiger partial charge in [-0.1, -0.05) is 27.7 Å². The van der Waals surface area contributed by atoms with Crippen LogP contribution in [-0.2, 0) is 23.1 Å². The average molecular weight is 444 g/mol. The molecule has 0 spiro atoms. The topological polar surface area (TPSA) is 163 Å². The first-order valence-corrected chi connectivity index (χ1v) is 11.2. The number of aliphatic hydroxyl groups is 4. The first kappa shape index (κ1) is 28.4. The highest BCUT2D eigenvalue weighted by molar-refractivity contribution is 7.47. The van der Waals surface area contributed by atoms with Gasteiger partial charge in [0.15, 0.2) is 6.10 Å². The van der Waals surface area contributed by atoms with E-state index in [1.54, 1.807) is 13.8 Å². The molecule has 0 saturated heterocycles. The van der Waals surface area contributed by atoms with Gasteiger partial charge >= 0.3 is 13.8 Å². The van der Waals surface area contributed by atoms with Crippen molar-refractivity contribution in [1.82, 2.24) is 0 Å². The molecule has 0 heterocycles. The van der Waals surface area contributed by atoms with Gasteiger partial charge in [-0.3, -0.25) is 9.05 Å². The molecule has 0 fully saturated rings. The Morgan fingerprint density at radius 3 is 1.83 bits per heavy atom. The number of aliphatic hydroxyl groups excluding tert-OH is 4. The molecule has 3 unspecified atom stereocenters. The van der Waals surface area contributed by atoms with Crippen LogP contribution in [-0.4, -0.2) is 74.5 Å². The minimum atomic E-state index is -4.51. The fraction of sp³-hybridized carbons (Fsp3) is 0.944. The molecule has 5 N–H and O–H groups in total. The van der Waals surface area contributed by atoms with Gasteiger partial charge in [0.05, 0.1) is 18.8 Å². The van der Waals surface area contributed by atoms with Gasteiger partial charge in [0.1, 0.15) is 18.3 Å². The molecule has 10 nitrogen and oxygen atoms in total. The Bertz CT molecular complexity index is 527. The van der Waals surface area contributed by atoms with E-state index in [-0.39, 0.29) is 11.8 Å². The van der Waals surface area contributed by atoms with Gasteiger partial charge in [0, 0.05) is 0 Å². The summed E-state index contributed by atoms with van der Waals surface area (Å²) in [6, 6.07) is 0. The third kappa shape index (κ3) is 12.0. The van der Waals surface area contributed by atoms with Crippen molar-refractivity contribution in [1.29, 1.82) is 0 Å². The number of hydrogen-bond donors (Lipinski definition) is 5. The molecule has 0 aromatic heterocycles. The average Bonchev–Trinajstić information content (AvgIpc) is 2.55. The zero-order chi connectivity index (χ0) is 22.9. The van der Waals surface area contributed by atoms with Gasteiger partial charge in [0.25, 0.3) is 0 Å². The number of carbonyl (C=O) groups excluding carboxylic acids is 1. The van der Waals surface area contributed by atoms with Gasteiger partial charge < -0.3 is 30.1 Å². The number of phosphoric acid groups is 1. The highest BCUT2D eigenvalue weighted by Gasteiger charge is 2.37. The molecule has 0 aliphatic rings. The summed E-state index contributed by atoms with van der Waals surface area (Å²) in [5.74, 6) is -0.697. The summed E-state index contributed by atoms with van der Waals surface area (Å²) in [5.41, 5.74) is 0. The van der Waals surface area contributed by atoms with Crippen LogP contribution in [0.4, 0.5) is 0 Å². The Kier molecular flexibility index (Phi) is 12.7. The zero-order valence-corrected chi connectivity index (χ0v) is 18.9. The standard InChI is InChI=1S/C18H37O10P/c1-10(2)7-12(5)27-18(23)17(22)16(21)15(20)14(19)9-26-29(24,25)28-13(6)8-11(3)4/h10-17,19-22H,7-9H2,1-6H3,(H,24,25)/t12?,13?,14-,15-,16+,17-/m1/s1. The van der Waals surface area contributed by atoms with Crippen LogP contribution in [0.5, 0.6) is 0 Å². The van der Waals surface area contributed by atoms with Crippen LogP contribution in [0.2, 0.25) is 0 Å². The molecule has 29 heavy (non-hydrogen) atoms. The van der Waals surface area contributed by atoms with E-state index in [0.717, 1.165) is 0 Å². The summed E-state index contributed by atoms with van der Waals surface area (Å²) in [6.45, 7) is 9.99. The molecule has 0 aliphatic heterocycles. The van der Waals surface area contributed by atoms with Gasteiger partial charge in [-0.2, -0.15) is 0 Å². The normalized spacial score (nSPS) is 20.6. The summed E-state index contributed by atoms with van der Waals surface area (Å²) in [4.78, 5) is 21.5. The molecule has 0 saturated carbocycles. The van der Waals surface area contributed by atoms with Gasteiger partial charge in [-0.05, 0) is 38.5 Å². The Labute approximate surface area is 172 Å². The Balaban J connectivity index is 4.63. The number of carbonyl (C=O) groups is 1. The van der Waals surface area contributed by atoms with Crippen LogP contribution in [0.1, 0.15) is 54.4 Å². The van der Waals surface area contributed by atoms with Crippen LogP contribution < -0.4 is 0 Å². The van der Waals surface area contributed by atoms with Crippen LogP contribution in [0.25, 0.3) is 0 Å². The Hall–Kier alpha value is -0.580. The van der Waals surface area contributed by atoms with Crippen LogP contribution in [0.15, 0.2) is 0 Å². The second-order valence-electron chi connectivity index (χ2n) is 8.18. The van der Waals surface area contributed by atoms with Crippen LogP contribution >= 0.6 is 7.82 Å². The highest BCUT2D eigenvalue weighted by Crippen LogP contribution is 2.45. The van der Waals surface area contributed by atoms with Crippen molar-refractivity contribution < 1.29 is 48.5 Å². The molecule has 0 bridgehead atoms. The minimum Gasteiger partial charge on any atom is -0.461 e. The highest BCUT2D eigenvalue weighted by atomic mass is 31.2. The van der Waals surface area contributed by atoms with E-state index >= 15 is 0 Å². The van der Waals surface area contributed by atoms with Crippen molar-refractivity contribution in [3.8, 4) is 0 Å². The summed E-state index contributed by atoms with van der Waals surface area (Å²) in [6.07, 6.45) is -8.17. The molecule has 174 valence electrons. The Morgan fingerprint density at radius 1 is 0.862 bits per heavy atom. The molecule has 7 atom stereocenters. The van der Waals surface area contributed by atoms with Crippen LogP contribution in [0, 0.1) is 11.8 Å². The summed E-state index contributed by atoms with van der Waals surface area (Å²) < 4.78 is 26.4. The van der Waals surface area contributed by atoms with Gasteiger partial charge in [-0.15, -0.1) is 0 Å². The van der Waals surface area contributed by atoms with E-state index in [0.29, 0.717) is 12.8 Å². The maximum Gasteiger partial charge on any atom is 0.472 e. The summed E-state index contributed by atoms with van der Waals surface area (Å²) in [7, 11) is -4.51. The molecular formula is C18H37O10P. The van der Waals surface area contributed by atoms with Gasteiger partial charge in [-0.25, -0.2) is 9.36 Å². The monoisotopic (exact) mass is 444 g/mol. The van der Waals surface area contributed by atoms with Crippen LogP contribution in [0.3, 0.4) is 0 Å². The number of hydrogen-bond acceptors (Lipinski definition) is 9. The molecule has 0 aromatic rings. The number of esters is 1. The van der Waals surface area contributed by atoms with E-state index in [1.165, 1.54) is 0 Å². The predicted octanol–water partition coefficient (Wildman–Crippen LogP) is 0.976. The van der Waals surface area contributed by atoms with Crippen molar-refractivity contribution in [3.63, 3.8) is 0 Å². The second-order valence-corrected chi connectivity index (χ2v) is 9.59. The van der Waals surface area contributed by atoms with Crippen molar-refractivity contribution in [3.05, 3.63) is 0 Å². The van der Waals surface area contributed by atoms with Crippen molar-refractivity contribution in [2.24, 2.45) is 11.8 Å². The molecule has 0 aliphatic carbocycles. The summed E-state index contributed by atoms with van der Waals surface area (Å²) in [5, 5.41) is 39.6. The van der Waals surface area contributed by atoms with E-state index in [9.17, 15) is 34.7 Å². The molecule has 0 amide bonds. The molecule has 0 radical (unpaired) electrons. The van der Waals surface area contributed by atoms with E-state index in [1.807, 2.05) is 27.7 Å². The maximum absolute atomic E-state index is 11.9. The fourth-order valence-electron chi connectivity index (χ4n) is 2.77. The SMILES string of the molecule is CC(C)CC(C)OC(=O)[C@H](O)[C@@H](O)[C@H](O)[C@H](O)COP(=O)(O)OC(C)CC(C)C. The largest absolute Gasteiger partial charge is 0.472 e. The molecular weight excluding hydrogens is 407 g/mol. The lowest BCUT2D eigenvalue weighted by Gasteiger charge is -2.27. The maximum atomic E-state index is 11.9.